The lowest BCUT2D eigenvalue weighted by Crippen LogP contribution is -2.34. The van der Waals surface area contributed by atoms with Gasteiger partial charge in [-0.2, -0.15) is 0 Å². The van der Waals surface area contributed by atoms with Crippen molar-refractivity contribution in [1.29, 1.82) is 0 Å². The molecule has 2 nitrogen and oxygen atoms in total. The summed E-state index contributed by atoms with van der Waals surface area (Å²) in [5.74, 6) is 0.828. The summed E-state index contributed by atoms with van der Waals surface area (Å²) in [5, 5.41) is 0. The fourth-order valence-corrected chi connectivity index (χ4v) is 2.40. The number of aryl methyl sites for hydroxylation is 1. The summed E-state index contributed by atoms with van der Waals surface area (Å²) < 4.78 is 0. The maximum atomic E-state index is 12.3. The van der Waals surface area contributed by atoms with Crippen molar-refractivity contribution in [2.24, 2.45) is 5.92 Å². The van der Waals surface area contributed by atoms with Gasteiger partial charge < -0.3 is 4.90 Å². The van der Waals surface area contributed by atoms with Gasteiger partial charge in [0.1, 0.15) is 0 Å². The first-order chi connectivity index (χ1) is 8.08. The SMILES string of the molecule is Cc1ccc(S)cc1C(=O)N(C)CC1CCC1. The Labute approximate surface area is 108 Å². The van der Waals surface area contributed by atoms with E-state index in [0.717, 1.165) is 22.6 Å². The van der Waals surface area contributed by atoms with E-state index < -0.39 is 0 Å². The largest absolute Gasteiger partial charge is 0.341 e. The highest BCUT2D eigenvalue weighted by atomic mass is 32.1. The number of nitrogens with zero attached hydrogens (tertiary/aromatic N) is 1. The lowest BCUT2D eigenvalue weighted by atomic mass is 9.85. The molecular formula is C14H19NOS. The number of hydrogen-bond acceptors (Lipinski definition) is 2. The lowest BCUT2D eigenvalue weighted by molar-refractivity contribution is 0.0744. The molecule has 0 radical (unpaired) electrons. The van der Waals surface area contributed by atoms with Crippen molar-refractivity contribution in [1.82, 2.24) is 4.90 Å². The first kappa shape index (κ1) is 12.5. The van der Waals surface area contributed by atoms with Crippen molar-refractivity contribution >= 4 is 18.5 Å². The number of rotatable bonds is 3. The number of benzene rings is 1. The molecule has 1 aliphatic rings. The van der Waals surface area contributed by atoms with E-state index >= 15 is 0 Å². The Hall–Kier alpha value is -0.960. The van der Waals surface area contributed by atoms with E-state index in [2.05, 4.69) is 12.6 Å². The van der Waals surface area contributed by atoms with E-state index in [-0.39, 0.29) is 5.91 Å². The molecule has 2 rings (SSSR count). The number of carbonyl (C=O) groups excluding carboxylic acids is 1. The molecule has 3 heteroatoms. The molecule has 1 aromatic rings. The monoisotopic (exact) mass is 249 g/mol. The molecule has 92 valence electrons. The zero-order valence-corrected chi connectivity index (χ0v) is 11.3. The average Bonchev–Trinajstić information content (AvgIpc) is 2.25. The van der Waals surface area contributed by atoms with Crippen LogP contribution in [0.1, 0.15) is 35.2 Å². The molecule has 1 amide bonds. The standard InChI is InChI=1S/C14H19NOS/c1-10-6-7-12(17)8-13(10)14(16)15(2)9-11-4-3-5-11/h6-8,11,17H,3-5,9H2,1-2H3. The Morgan fingerprint density at radius 2 is 2.18 bits per heavy atom. The van der Waals surface area contributed by atoms with Gasteiger partial charge in [-0.25, -0.2) is 0 Å². The third-order valence-corrected chi connectivity index (χ3v) is 3.83. The summed E-state index contributed by atoms with van der Waals surface area (Å²) in [7, 11) is 1.89. The molecule has 0 bridgehead atoms. The summed E-state index contributed by atoms with van der Waals surface area (Å²) in [5.41, 5.74) is 1.80. The Kier molecular flexibility index (Phi) is 3.77. The minimum absolute atomic E-state index is 0.116. The lowest BCUT2D eigenvalue weighted by Gasteiger charge is -2.30. The van der Waals surface area contributed by atoms with Crippen LogP contribution < -0.4 is 0 Å². The maximum Gasteiger partial charge on any atom is 0.253 e. The average molecular weight is 249 g/mol. The van der Waals surface area contributed by atoms with Gasteiger partial charge in [0.25, 0.3) is 5.91 Å². The minimum Gasteiger partial charge on any atom is -0.341 e. The fraction of sp³-hybridized carbons (Fsp3) is 0.500. The summed E-state index contributed by atoms with van der Waals surface area (Å²) in [4.78, 5) is 15.0. The highest BCUT2D eigenvalue weighted by Gasteiger charge is 2.22. The van der Waals surface area contributed by atoms with Gasteiger partial charge >= 0.3 is 0 Å². The predicted molar refractivity (Wildman–Crippen MR) is 72.7 cm³/mol. The van der Waals surface area contributed by atoms with Crippen molar-refractivity contribution in [2.75, 3.05) is 13.6 Å². The topological polar surface area (TPSA) is 20.3 Å². The van der Waals surface area contributed by atoms with Crippen LogP contribution in [-0.2, 0) is 0 Å². The van der Waals surface area contributed by atoms with Crippen LogP contribution in [0.3, 0.4) is 0 Å². The summed E-state index contributed by atoms with van der Waals surface area (Å²) in [6.07, 6.45) is 3.85. The molecule has 0 aliphatic heterocycles. The second kappa shape index (κ2) is 5.13. The number of carbonyl (C=O) groups is 1. The molecule has 0 spiro atoms. The van der Waals surface area contributed by atoms with Crippen molar-refractivity contribution in [3.8, 4) is 0 Å². The van der Waals surface area contributed by atoms with Gasteiger partial charge in [-0.05, 0) is 43.4 Å². The van der Waals surface area contributed by atoms with Gasteiger partial charge in [0.2, 0.25) is 0 Å². The van der Waals surface area contributed by atoms with Crippen molar-refractivity contribution in [3.05, 3.63) is 29.3 Å². The van der Waals surface area contributed by atoms with Crippen LogP contribution in [0.15, 0.2) is 23.1 Å². The molecule has 0 heterocycles. The minimum atomic E-state index is 0.116. The van der Waals surface area contributed by atoms with E-state index in [0.29, 0.717) is 5.92 Å². The third-order valence-electron chi connectivity index (χ3n) is 3.56. The molecular weight excluding hydrogens is 230 g/mol. The first-order valence-corrected chi connectivity index (χ1v) is 6.57. The van der Waals surface area contributed by atoms with Crippen molar-refractivity contribution in [2.45, 2.75) is 31.1 Å². The highest BCUT2D eigenvalue weighted by molar-refractivity contribution is 7.80. The zero-order valence-electron chi connectivity index (χ0n) is 10.4. The van der Waals surface area contributed by atoms with Gasteiger partial charge in [0.05, 0.1) is 0 Å². The van der Waals surface area contributed by atoms with Crippen LogP contribution in [0, 0.1) is 12.8 Å². The number of thiol groups is 1. The van der Waals surface area contributed by atoms with E-state index in [1.54, 1.807) is 0 Å². The Morgan fingerprint density at radius 1 is 1.47 bits per heavy atom. The molecule has 1 aliphatic carbocycles. The van der Waals surface area contributed by atoms with Crippen molar-refractivity contribution in [3.63, 3.8) is 0 Å². The predicted octanol–water partition coefficient (Wildman–Crippen LogP) is 3.16. The van der Waals surface area contributed by atoms with Gasteiger partial charge in [0.15, 0.2) is 0 Å². The Bertz CT molecular complexity index is 426. The maximum absolute atomic E-state index is 12.3. The van der Waals surface area contributed by atoms with Crippen molar-refractivity contribution < 1.29 is 4.79 Å². The normalized spacial score (nSPS) is 15.5. The van der Waals surface area contributed by atoms with Crippen LogP contribution in [-0.4, -0.2) is 24.4 Å². The zero-order chi connectivity index (χ0) is 12.4. The third kappa shape index (κ3) is 2.83. The first-order valence-electron chi connectivity index (χ1n) is 6.13. The number of amides is 1. The van der Waals surface area contributed by atoms with Gasteiger partial charge in [0, 0.05) is 24.1 Å². The quantitative estimate of drug-likeness (QED) is 0.816. The van der Waals surface area contributed by atoms with Crippen LogP contribution in [0.4, 0.5) is 0 Å². The van der Waals surface area contributed by atoms with Gasteiger partial charge in [-0.1, -0.05) is 12.5 Å². The van der Waals surface area contributed by atoms with E-state index in [4.69, 9.17) is 0 Å². The summed E-state index contributed by atoms with van der Waals surface area (Å²) in [6.45, 7) is 2.85. The molecule has 1 aromatic carbocycles. The Morgan fingerprint density at radius 3 is 2.76 bits per heavy atom. The number of hydrogen-bond donors (Lipinski definition) is 1. The molecule has 17 heavy (non-hydrogen) atoms. The molecule has 0 unspecified atom stereocenters. The second-order valence-corrected chi connectivity index (χ2v) is 5.50. The smallest absolute Gasteiger partial charge is 0.253 e. The van der Waals surface area contributed by atoms with E-state index in [1.165, 1.54) is 19.3 Å². The van der Waals surface area contributed by atoms with Crippen LogP contribution in [0.5, 0.6) is 0 Å². The summed E-state index contributed by atoms with van der Waals surface area (Å²) >= 11 is 4.29. The van der Waals surface area contributed by atoms with Crippen LogP contribution in [0.25, 0.3) is 0 Å². The molecule has 0 N–H and O–H groups in total. The van der Waals surface area contributed by atoms with Crippen LogP contribution in [0.2, 0.25) is 0 Å². The molecule has 0 atom stereocenters. The highest BCUT2D eigenvalue weighted by Crippen LogP contribution is 2.27. The summed E-state index contributed by atoms with van der Waals surface area (Å²) in [6, 6.07) is 5.73. The van der Waals surface area contributed by atoms with Crippen LogP contribution >= 0.6 is 12.6 Å². The van der Waals surface area contributed by atoms with Gasteiger partial charge in [-0.15, -0.1) is 12.6 Å². The second-order valence-electron chi connectivity index (χ2n) is 4.98. The molecule has 1 fully saturated rings. The van der Waals surface area contributed by atoms with E-state index in [9.17, 15) is 4.79 Å². The molecule has 1 saturated carbocycles. The van der Waals surface area contributed by atoms with Gasteiger partial charge in [-0.3, -0.25) is 4.79 Å². The fourth-order valence-electron chi connectivity index (χ4n) is 2.19. The molecule has 0 saturated heterocycles. The van der Waals surface area contributed by atoms with E-state index in [1.807, 2.05) is 37.1 Å². The Balaban J connectivity index is 2.09. The molecule has 0 aromatic heterocycles.